The molecule has 0 heterocycles. The lowest BCUT2D eigenvalue weighted by Crippen LogP contribution is -2.32. The summed E-state index contributed by atoms with van der Waals surface area (Å²) in [5.41, 5.74) is 1.23. The highest BCUT2D eigenvalue weighted by Crippen LogP contribution is 2.32. The van der Waals surface area contributed by atoms with Gasteiger partial charge in [0.1, 0.15) is 0 Å². The van der Waals surface area contributed by atoms with Gasteiger partial charge in [-0.1, -0.05) is 13.8 Å². The number of nitrogens with one attached hydrogen (secondary N) is 1. The number of carboxylic acids is 1. The van der Waals surface area contributed by atoms with E-state index in [9.17, 15) is 4.79 Å². The monoisotopic (exact) mass is 345 g/mol. The standard InChI is InChI=1S/C14H20BrNO2S/c1-4-14(5-2,19-3)9-16-12-7-6-10(13(17)18)8-11(12)15/h6-8,16H,4-5,9H2,1-3H3,(H,17,18). The summed E-state index contributed by atoms with van der Waals surface area (Å²) >= 11 is 5.29. The van der Waals surface area contributed by atoms with Crippen molar-refractivity contribution >= 4 is 39.3 Å². The van der Waals surface area contributed by atoms with Gasteiger partial charge in [0, 0.05) is 21.5 Å². The van der Waals surface area contributed by atoms with Gasteiger partial charge in [-0.05, 0) is 53.2 Å². The van der Waals surface area contributed by atoms with Crippen molar-refractivity contribution in [2.24, 2.45) is 0 Å². The van der Waals surface area contributed by atoms with E-state index < -0.39 is 5.97 Å². The maximum Gasteiger partial charge on any atom is 0.335 e. The van der Waals surface area contributed by atoms with Crippen LogP contribution in [0.1, 0.15) is 37.0 Å². The molecule has 1 aromatic carbocycles. The SMILES string of the molecule is CCC(CC)(CNc1ccc(C(=O)O)cc1Br)SC. The van der Waals surface area contributed by atoms with Crippen LogP contribution >= 0.6 is 27.7 Å². The highest BCUT2D eigenvalue weighted by Gasteiger charge is 2.24. The van der Waals surface area contributed by atoms with E-state index in [2.05, 4.69) is 41.3 Å². The Hall–Kier alpha value is -0.680. The smallest absolute Gasteiger partial charge is 0.335 e. The molecule has 106 valence electrons. The fraction of sp³-hybridized carbons (Fsp3) is 0.500. The zero-order valence-electron chi connectivity index (χ0n) is 11.5. The fourth-order valence-electron chi connectivity index (χ4n) is 1.91. The average Bonchev–Trinajstić information content (AvgIpc) is 2.42. The van der Waals surface area contributed by atoms with Crippen molar-refractivity contribution < 1.29 is 9.90 Å². The molecular weight excluding hydrogens is 326 g/mol. The summed E-state index contributed by atoms with van der Waals surface area (Å²) in [4.78, 5) is 10.9. The molecule has 0 aromatic heterocycles. The molecule has 0 bridgehead atoms. The molecular formula is C14H20BrNO2S. The summed E-state index contributed by atoms with van der Waals surface area (Å²) < 4.78 is 1.01. The van der Waals surface area contributed by atoms with E-state index in [4.69, 9.17) is 5.11 Å². The zero-order valence-corrected chi connectivity index (χ0v) is 13.9. The highest BCUT2D eigenvalue weighted by molar-refractivity contribution is 9.10. The van der Waals surface area contributed by atoms with E-state index in [-0.39, 0.29) is 4.75 Å². The first-order valence-electron chi connectivity index (χ1n) is 6.30. The molecule has 3 nitrogen and oxygen atoms in total. The Balaban J connectivity index is 2.80. The summed E-state index contributed by atoms with van der Waals surface area (Å²) in [6.07, 6.45) is 4.34. The molecule has 2 N–H and O–H groups in total. The number of thioether (sulfide) groups is 1. The molecule has 0 radical (unpaired) electrons. The van der Waals surface area contributed by atoms with Gasteiger partial charge in [0.15, 0.2) is 0 Å². The number of rotatable bonds is 7. The van der Waals surface area contributed by atoms with Crippen LogP contribution in [0.25, 0.3) is 0 Å². The lowest BCUT2D eigenvalue weighted by Gasteiger charge is -2.30. The van der Waals surface area contributed by atoms with Crippen LogP contribution in [-0.2, 0) is 0 Å². The van der Waals surface area contributed by atoms with Gasteiger partial charge in [-0.3, -0.25) is 0 Å². The van der Waals surface area contributed by atoms with Crippen molar-refractivity contribution in [2.75, 3.05) is 18.1 Å². The minimum Gasteiger partial charge on any atom is -0.478 e. The Morgan fingerprint density at radius 2 is 2.05 bits per heavy atom. The average molecular weight is 346 g/mol. The molecule has 0 amide bonds. The van der Waals surface area contributed by atoms with E-state index in [0.717, 1.165) is 29.5 Å². The molecule has 0 fully saturated rings. The first kappa shape index (κ1) is 16.4. The molecule has 0 aliphatic carbocycles. The lowest BCUT2D eigenvalue weighted by atomic mass is 10.0. The molecule has 0 spiro atoms. The van der Waals surface area contributed by atoms with Gasteiger partial charge < -0.3 is 10.4 Å². The number of anilines is 1. The summed E-state index contributed by atoms with van der Waals surface area (Å²) in [6.45, 7) is 5.26. The Morgan fingerprint density at radius 1 is 1.42 bits per heavy atom. The Kier molecular flexibility index (Phi) is 6.20. The van der Waals surface area contributed by atoms with Crippen molar-refractivity contribution in [1.29, 1.82) is 0 Å². The minimum absolute atomic E-state index is 0.227. The molecule has 0 aliphatic heterocycles. The third-order valence-corrected chi connectivity index (χ3v) is 5.78. The van der Waals surface area contributed by atoms with Gasteiger partial charge in [0.25, 0.3) is 0 Å². The van der Waals surface area contributed by atoms with Crippen LogP contribution in [0, 0.1) is 0 Å². The van der Waals surface area contributed by atoms with Crippen molar-refractivity contribution in [3.05, 3.63) is 28.2 Å². The molecule has 0 saturated carbocycles. The predicted octanol–water partition coefficient (Wildman–Crippen LogP) is 4.48. The first-order chi connectivity index (χ1) is 8.98. The van der Waals surface area contributed by atoms with E-state index in [0.29, 0.717) is 5.56 Å². The molecule has 1 aromatic rings. The maximum atomic E-state index is 10.9. The molecule has 1 rings (SSSR count). The second kappa shape index (κ2) is 7.20. The van der Waals surface area contributed by atoms with Crippen molar-refractivity contribution in [1.82, 2.24) is 0 Å². The number of hydrogen-bond acceptors (Lipinski definition) is 3. The van der Waals surface area contributed by atoms with Crippen molar-refractivity contribution in [2.45, 2.75) is 31.4 Å². The topological polar surface area (TPSA) is 49.3 Å². The Labute approximate surface area is 127 Å². The summed E-state index contributed by atoms with van der Waals surface area (Å²) in [6, 6.07) is 5.06. The molecule has 5 heteroatoms. The van der Waals surface area contributed by atoms with Gasteiger partial charge in [-0.15, -0.1) is 0 Å². The van der Waals surface area contributed by atoms with Crippen molar-refractivity contribution in [3.8, 4) is 0 Å². The van der Waals surface area contributed by atoms with Gasteiger partial charge >= 0.3 is 5.97 Å². The molecule has 0 aliphatic rings. The molecule has 0 saturated heterocycles. The quantitative estimate of drug-likeness (QED) is 0.764. The Bertz CT molecular complexity index is 439. The van der Waals surface area contributed by atoms with Crippen LogP contribution in [0.4, 0.5) is 5.69 Å². The largest absolute Gasteiger partial charge is 0.478 e. The van der Waals surface area contributed by atoms with Gasteiger partial charge in [0.2, 0.25) is 0 Å². The number of carboxylic acid groups (broad SMARTS) is 1. The number of hydrogen-bond donors (Lipinski definition) is 2. The van der Waals surface area contributed by atoms with Crippen LogP contribution in [-0.4, -0.2) is 28.6 Å². The zero-order chi connectivity index (χ0) is 14.5. The fourth-order valence-corrected chi connectivity index (χ4v) is 3.22. The molecule has 0 unspecified atom stereocenters. The van der Waals surface area contributed by atoms with E-state index in [1.807, 2.05) is 17.8 Å². The minimum atomic E-state index is -0.909. The normalized spacial score (nSPS) is 11.4. The van der Waals surface area contributed by atoms with E-state index >= 15 is 0 Å². The van der Waals surface area contributed by atoms with Crippen molar-refractivity contribution in [3.63, 3.8) is 0 Å². The predicted molar refractivity (Wildman–Crippen MR) is 86.4 cm³/mol. The van der Waals surface area contributed by atoms with Crippen LogP contribution < -0.4 is 5.32 Å². The van der Waals surface area contributed by atoms with Crippen LogP contribution in [0.15, 0.2) is 22.7 Å². The van der Waals surface area contributed by atoms with Gasteiger partial charge in [-0.2, -0.15) is 11.8 Å². The van der Waals surface area contributed by atoms with E-state index in [1.165, 1.54) is 0 Å². The number of aromatic carboxylic acids is 1. The summed E-state index contributed by atoms with van der Waals surface area (Å²) in [5, 5.41) is 12.3. The summed E-state index contributed by atoms with van der Waals surface area (Å²) in [5.74, 6) is -0.909. The molecule has 0 atom stereocenters. The summed E-state index contributed by atoms with van der Waals surface area (Å²) in [7, 11) is 0. The second-order valence-electron chi connectivity index (χ2n) is 4.45. The van der Waals surface area contributed by atoms with E-state index in [1.54, 1.807) is 12.1 Å². The first-order valence-corrected chi connectivity index (χ1v) is 8.31. The highest BCUT2D eigenvalue weighted by atomic mass is 79.9. The van der Waals surface area contributed by atoms with Gasteiger partial charge in [-0.25, -0.2) is 4.79 Å². The maximum absolute atomic E-state index is 10.9. The van der Waals surface area contributed by atoms with Crippen LogP contribution in [0.5, 0.6) is 0 Å². The molecule has 19 heavy (non-hydrogen) atoms. The second-order valence-corrected chi connectivity index (χ2v) is 6.58. The number of halogens is 1. The third kappa shape index (κ3) is 4.14. The van der Waals surface area contributed by atoms with Crippen LogP contribution in [0.2, 0.25) is 0 Å². The van der Waals surface area contributed by atoms with Gasteiger partial charge in [0.05, 0.1) is 5.56 Å². The number of benzene rings is 1. The number of carbonyl (C=O) groups is 1. The lowest BCUT2D eigenvalue weighted by molar-refractivity contribution is 0.0697. The third-order valence-electron chi connectivity index (χ3n) is 3.54. The Morgan fingerprint density at radius 3 is 2.47 bits per heavy atom. The van der Waals surface area contributed by atoms with Crippen LogP contribution in [0.3, 0.4) is 0 Å².